The molecule has 0 aromatic rings. The second kappa shape index (κ2) is 5.83. The van der Waals surface area contributed by atoms with Gasteiger partial charge in [-0.25, -0.2) is 0 Å². The zero-order valence-electron chi connectivity index (χ0n) is 10.5. The maximum atomic E-state index is 5.93. The lowest BCUT2D eigenvalue weighted by Crippen LogP contribution is -2.52. The second-order valence-electron chi connectivity index (χ2n) is 4.90. The molecule has 0 radical (unpaired) electrons. The van der Waals surface area contributed by atoms with Gasteiger partial charge in [0.25, 0.3) is 0 Å². The molecule has 1 unspecified atom stereocenters. The molecule has 90 valence electrons. The predicted octanol–water partition coefficient (Wildman–Crippen LogP) is 1.96. The van der Waals surface area contributed by atoms with Crippen molar-refractivity contribution in [2.75, 3.05) is 19.7 Å². The highest BCUT2D eigenvalue weighted by Crippen LogP contribution is 2.16. The van der Waals surface area contributed by atoms with Gasteiger partial charge in [-0.1, -0.05) is 13.8 Å². The van der Waals surface area contributed by atoms with Crippen molar-refractivity contribution >= 4 is 0 Å². The van der Waals surface area contributed by atoms with E-state index < -0.39 is 0 Å². The molecule has 0 spiro atoms. The topological polar surface area (TPSA) is 30.5 Å². The Morgan fingerprint density at radius 3 is 2.60 bits per heavy atom. The van der Waals surface area contributed by atoms with Crippen LogP contribution < -0.4 is 5.32 Å². The molecular weight excluding hydrogens is 190 g/mol. The van der Waals surface area contributed by atoms with Gasteiger partial charge in [-0.15, -0.1) is 0 Å². The molecule has 1 N–H and O–H groups in total. The molecule has 1 fully saturated rings. The summed E-state index contributed by atoms with van der Waals surface area (Å²) in [6.07, 6.45) is 2.76. The Kier molecular flexibility index (Phi) is 5.03. The fourth-order valence-corrected chi connectivity index (χ4v) is 1.93. The lowest BCUT2D eigenvalue weighted by atomic mass is 10.1. The molecule has 1 aliphatic heterocycles. The highest BCUT2D eigenvalue weighted by molar-refractivity contribution is 4.81. The molecule has 1 saturated heterocycles. The van der Waals surface area contributed by atoms with E-state index in [2.05, 4.69) is 33.0 Å². The zero-order valence-corrected chi connectivity index (χ0v) is 10.5. The van der Waals surface area contributed by atoms with Crippen molar-refractivity contribution in [2.24, 2.45) is 0 Å². The fraction of sp³-hybridized carbons (Fsp3) is 1.00. The Labute approximate surface area is 93.5 Å². The number of morpholine rings is 1. The summed E-state index contributed by atoms with van der Waals surface area (Å²) in [6, 6.07) is 0. The Hall–Kier alpha value is -0.120. The number of nitrogens with one attached hydrogen (secondary N) is 1. The van der Waals surface area contributed by atoms with E-state index in [1.807, 2.05) is 0 Å². The van der Waals surface area contributed by atoms with E-state index in [0.29, 0.717) is 12.7 Å². The minimum atomic E-state index is -0.0554. The van der Waals surface area contributed by atoms with Crippen LogP contribution in [0.3, 0.4) is 0 Å². The smallest absolute Gasteiger partial charge is 0.0940 e. The van der Waals surface area contributed by atoms with Gasteiger partial charge in [-0.3, -0.25) is 0 Å². The molecule has 3 nitrogen and oxygen atoms in total. The number of rotatable bonds is 5. The molecule has 1 heterocycles. The summed E-state index contributed by atoms with van der Waals surface area (Å²) in [4.78, 5) is 0. The molecule has 0 aromatic carbocycles. The molecule has 1 atom stereocenters. The largest absolute Gasteiger partial charge is 0.375 e. The third-order valence-electron chi connectivity index (χ3n) is 2.84. The van der Waals surface area contributed by atoms with Crippen LogP contribution in [-0.4, -0.2) is 37.5 Å². The number of hydrogen-bond donors (Lipinski definition) is 1. The zero-order chi connectivity index (χ0) is 11.3. The van der Waals surface area contributed by atoms with Gasteiger partial charge in [0.05, 0.1) is 24.4 Å². The summed E-state index contributed by atoms with van der Waals surface area (Å²) < 4.78 is 11.7. The van der Waals surface area contributed by atoms with Crippen LogP contribution >= 0.6 is 0 Å². The SMILES string of the molecule is CCC(CC)OCC1CNCC(C)(C)O1. The summed E-state index contributed by atoms with van der Waals surface area (Å²) in [5.41, 5.74) is -0.0554. The van der Waals surface area contributed by atoms with Crippen molar-refractivity contribution in [2.45, 2.75) is 58.3 Å². The summed E-state index contributed by atoms with van der Waals surface area (Å²) in [5.74, 6) is 0. The second-order valence-corrected chi connectivity index (χ2v) is 4.90. The van der Waals surface area contributed by atoms with E-state index in [4.69, 9.17) is 9.47 Å². The van der Waals surface area contributed by atoms with Gasteiger partial charge < -0.3 is 14.8 Å². The molecule has 0 saturated carbocycles. The minimum absolute atomic E-state index is 0.0554. The van der Waals surface area contributed by atoms with Crippen LogP contribution in [0, 0.1) is 0 Å². The first-order valence-electron chi connectivity index (χ1n) is 6.07. The van der Waals surface area contributed by atoms with Gasteiger partial charge in [0.15, 0.2) is 0 Å². The Bertz CT molecular complexity index is 178. The van der Waals surface area contributed by atoms with Crippen molar-refractivity contribution in [3.05, 3.63) is 0 Å². The third kappa shape index (κ3) is 4.49. The highest BCUT2D eigenvalue weighted by atomic mass is 16.6. The summed E-state index contributed by atoms with van der Waals surface area (Å²) >= 11 is 0. The minimum Gasteiger partial charge on any atom is -0.375 e. The quantitative estimate of drug-likeness (QED) is 0.760. The van der Waals surface area contributed by atoms with E-state index in [1.165, 1.54) is 0 Å². The summed E-state index contributed by atoms with van der Waals surface area (Å²) in [5, 5.41) is 3.38. The molecule has 0 bridgehead atoms. The van der Waals surface area contributed by atoms with E-state index >= 15 is 0 Å². The van der Waals surface area contributed by atoms with E-state index in [-0.39, 0.29) is 11.7 Å². The average molecular weight is 215 g/mol. The highest BCUT2D eigenvalue weighted by Gasteiger charge is 2.28. The first-order chi connectivity index (χ1) is 7.07. The fourth-order valence-electron chi connectivity index (χ4n) is 1.93. The van der Waals surface area contributed by atoms with Gasteiger partial charge in [0.1, 0.15) is 0 Å². The normalized spacial score (nSPS) is 25.8. The van der Waals surface area contributed by atoms with Gasteiger partial charge in [0, 0.05) is 13.1 Å². The summed E-state index contributed by atoms with van der Waals surface area (Å²) in [7, 11) is 0. The van der Waals surface area contributed by atoms with Crippen LogP contribution in [0.25, 0.3) is 0 Å². The van der Waals surface area contributed by atoms with Gasteiger partial charge in [-0.05, 0) is 26.7 Å². The third-order valence-corrected chi connectivity index (χ3v) is 2.84. The lowest BCUT2D eigenvalue weighted by Gasteiger charge is -2.37. The Balaban J connectivity index is 2.26. The van der Waals surface area contributed by atoms with Crippen LogP contribution in [-0.2, 0) is 9.47 Å². The molecule has 1 rings (SSSR count). The van der Waals surface area contributed by atoms with Crippen LogP contribution in [0.2, 0.25) is 0 Å². The first-order valence-corrected chi connectivity index (χ1v) is 6.07. The van der Waals surface area contributed by atoms with E-state index in [0.717, 1.165) is 25.9 Å². The average Bonchev–Trinajstić information content (AvgIpc) is 2.18. The van der Waals surface area contributed by atoms with Crippen LogP contribution in [0.15, 0.2) is 0 Å². The molecule has 0 aliphatic carbocycles. The van der Waals surface area contributed by atoms with Crippen LogP contribution in [0.4, 0.5) is 0 Å². The van der Waals surface area contributed by atoms with Crippen molar-refractivity contribution in [3.8, 4) is 0 Å². The molecule has 3 heteroatoms. The molecule has 15 heavy (non-hydrogen) atoms. The Morgan fingerprint density at radius 2 is 2.07 bits per heavy atom. The van der Waals surface area contributed by atoms with E-state index in [1.54, 1.807) is 0 Å². The maximum Gasteiger partial charge on any atom is 0.0940 e. The standard InChI is InChI=1S/C12H25NO2/c1-5-10(6-2)14-8-11-7-13-9-12(3,4)15-11/h10-11,13H,5-9H2,1-4H3. The van der Waals surface area contributed by atoms with Crippen molar-refractivity contribution < 1.29 is 9.47 Å². The lowest BCUT2D eigenvalue weighted by molar-refractivity contribution is -0.129. The van der Waals surface area contributed by atoms with Crippen molar-refractivity contribution in [1.82, 2.24) is 5.32 Å². The molecular formula is C12H25NO2. The van der Waals surface area contributed by atoms with Gasteiger partial charge in [-0.2, -0.15) is 0 Å². The van der Waals surface area contributed by atoms with Gasteiger partial charge >= 0.3 is 0 Å². The van der Waals surface area contributed by atoms with Crippen LogP contribution in [0.1, 0.15) is 40.5 Å². The molecule has 0 amide bonds. The number of hydrogen-bond acceptors (Lipinski definition) is 3. The molecule has 0 aromatic heterocycles. The van der Waals surface area contributed by atoms with Gasteiger partial charge in [0.2, 0.25) is 0 Å². The first kappa shape index (κ1) is 12.9. The van der Waals surface area contributed by atoms with E-state index in [9.17, 15) is 0 Å². The molecule has 1 aliphatic rings. The Morgan fingerprint density at radius 1 is 1.40 bits per heavy atom. The van der Waals surface area contributed by atoms with Crippen LogP contribution in [0.5, 0.6) is 0 Å². The maximum absolute atomic E-state index is 5.93. The summed E-state index contributed by atoms with van der Waals surface area (Å²) in [6.45, 7) is 11.1. The number of ether oxygens (including phenoxy) is 2. The van der Waals surface area contributed by atoms with Crippen molar-refractivity contribution in [3.63, 3.8) is 0 Å². The monoisotopic (exact) mass is 215 g/mol. The predicted molar refractivity (Wildman–Crippen MR) is 62.1 cm³/mol. The van der Waals surface area contributed by atoms with Crippen molar-refractivity contribution in [1.29, 1.82) is 0 Å².